The van der Waals surface area contributed by atoms with Gasteiger partial charge in [0.1, 0.15) is 0 Å². The van der Waals surface area contributed by atoms with Gasteiger partial charge in [-0.15, -0.1) is 0 Å². The van der Waals surface area contributed by atoms with Gasteiger partial charge in [-0.3, -0.25) is 19.3 Å². The average Bonchev–Trinajstić information content (AvgIpc) is 2.98. The topological polar surface area (TPSA) is 92.8 Å². The van der Waals surface area contributed by atoms with Crippen molar-refractivity contribution in [2.24, 2.45) is 0 Å². The maximum Gasteiger partial charge on any atom is 0.338 e. The fourth-order valence-corrected chi connectivity index (χ4v) is 6.25. The second-order valence-corrected chi connectivity index (χ2v) is 11.3. The first-order chi connectivity index (χ1) is 19.5. The smallest absolute Gasteiger partial charge is 0.338 e. The summed E-state index contributed by atoms with van der Waals surface area (Å²) in [5, 5.41) is 3.67. The highest BCUT2D eigenvalue weighted by molar-refractivity contribution is 6.29. The molecule has 0 spiro atoms. The Hall–Kier alpha value is -3.22. The molecule has 2 aromatic carbocycles. The molecule has 0 aromatic heterocycles. The molecule has 0 atom stereocenters. The van der Waals surface area contributed by atoms with Crippen molar-refractivity contribution in [2.75, 3.05) is 13.7 Å². The lowest BCUT2D eigenvalue weighted by molar-refractivity contribution is 0.0500. The summed E-state index contributed by atoms with van der Waals surface area (Å²) in [6.07, 6.45) is 16.8. The highest BCUT2D eigenvalue weighted by Gasteiger charge is 2.39. The Balaban J connectivity index is 1.48. The summed E-state index contributed by atoms with van der Waals surface area (Å²) in [6.45, 7) is 2.76. The third-order valence-electron chi connectivity index (χ3n) is 8.46. The number of nitrogens with one attached hydrogen (secondary N) is 1. The highest BCUT2D eigenvalue weighted by atomic mass is 16.5. The molecule has 1 fully saturated rings. The first-order valence-corrected chi connectivity index (χ1v) is 15.3. The van der Waals surface area contributed by atoms with E-state index in [1.54, 1.807) is 24.3 Å². The molecule has 1 aliphatic carbocycles. The van der Waals surface area contributed by atoms with Crippen molar-refractivity contribution in [3.05, 3.63) is 46.5 Å². The molecule has 40 heavy (non-hydrogen) atoms. The van der Waals surface area contributed by atoms with Gasteiger partial charge in [-0.2, -0.15) is 0 Å². The minimum atomic E-state index is -0.609. The standard InChI is InChI=1S/C33H44N2O5/c1-3-4-5-6-7-8-9-10-11-15-22-34-30(36)24-18-19-25-29-26(20-21-27(28(24)29)33(39)40-2)32(38)35(31(25)37)23-16-13-12-14-17-23/h18-21,23H,3-17,22H2,1-2H3,(H,34,36). The molecular formula is C33H44N2O5. The molecule has 3 amide bonds. The molecular weight excluding hydrogens is 504 g/mol. The van der Waals surface area contributed by atoms with Crippen LogP contribution in [0.3, 0.4) is 0 Å². The molecule has 1 heterocycles. The Morgan fingerprint density at radius 3 is 1.90 bits per heavy atom. The quantitative estimate of drug-likeness (QED) is 0.153. The fraction of sp³-hybridized carbons (Fsp3) is 0.576. The Kier molecular flexibility index (Phi) is 10.7. The van der Waals surface area contributed by atoms with Crippen molar-refractivity contribution in [1.29, 1.82) is 0 Å². The van der Waals surface area contributed by atoms with Gasteiger partial charge in [0.15, 0.2) is 0 Å². The second kappa shape index (κ2) is 14.4. The van der Waals surface area contributed by atoms with Gasteiger partial charge in [0.2, 0.25) is 0 Å². The molecule has 216 valence electrons. The van der Waals surface area contributed by atoms with E-state index in [4.69, 9.17) is 4.74 Å². The van der Waals surface area contributed by atoms with Crippen LogP contribution in [0.2, 0.25) is 0 Å². The summed E-state index contributed by atoms with van der Waals surface area (Å²) >= 11 is 0. The summed E-state index contributed by atoms with van der Waals surface area (Å²) in [7, 11) is 1.28. The molecule has 0 radical (unpaired) electrons. The van der Waals surface area contributed by atoms with Gasteiger partial charge in [-0.05, 0) is 43.5 Å². The Morgan fingerprint density at radius 1 is 0.775 bits per heavy atom. The van der Waals surface area contributed by atoms with E-state index in [1.807, 2.05) is 0 Å². The monoisotopic (exact) mass is 548 g/mol. The minimum absolute atomic E-state index is 0.124. The maximum atomic E-state index is 13.6. The number of rotatable bonds is 14. The number of unbranched alkanes of at least 4 members (excludes halogenated alkanes) is 9. The van der Waals surface area contributed by atoms with Crippen LogP contribution < -0.4 is 5.32 Å². The van der Waals surface area contributed by atoms with E-state index in [1.165, 1.54) is 57.0 Å². The zero-order valence-electron chi connectivity index (χ0n) is 24.2. The molecule has 1 N–H and O–H groups in total. The summed E-state index contributed by atoms with van der Waals surface area (Å²) in [4.78, 5) is 54.7. The SMILES string of the molecule is CCCCCCCCCCCCNC(=O)c1ccc2c3c(ccc(C(=O)OC)c13)C(=O)N(C1CCCCC1)C2=O. The van der Waals surface area contributed by atoms with Crippen molar-refractivity contribution >= 4 is 34.5 Å². The van der Waals surface area contributed by atoms with Gasteiger partial charge in [0, 0.05) is 40.0 Å². The van der Waals surface area contributed by atoms with Crippen LogP contribution in [-0.4, -0.2) is 48.3 Å². The number of esters is 1. The summed E-state index contributed by atoms with van der Waals surface area (Å²) in [5.74, 6) is -1.64. The fourth-order valence-electron chi connectivity index (χ4n) is 6.25. The predicted molar refractivity (Wildman–Crippen MR) is 157 cm³/mol. The normalized spacial score (nSPS) is 15.5. The van der Waals surface area contributed by atoms with Gasteiger partial charge in [0.05, 0.1) is 12.7 Å². The number of methoxy groups -OCH3 is 1. The van der Waals surface area contributed by atoms with Crippen LogP contribution >= 0.6 is 0 Å². The maximum absolute atomic E-state index is 13.6. The van der Waals surface area contributed by atoms with E-state index < -0.39 is 5.97 Å². The van der Waals surface area contributed by atoms with Crippen molar-refractivity contribution in [3.63, 3.8) is 0 Å². The number of ether oxygens (including phenoxy) is 1. The molecule has 1 aliphatic heterocycles. The van der Waals surface area contributed by atoms with Crippen LogP contribution in [0.1, 0.15) is 145 Å². The first kappa shape index (κ1) is 29.8. The molecule has 0 bridgehead atoms. The Bertz CT molecular complexity index is 1210. The van der Waals surface area contributed by atoms with Crippen molar-refractivity contribution in [1.82, 2.24) is 10.2 Å². The largest absolute Gasteiger partial charge is 0.465 e. The van der Waals surface area contributed by atoms with E-state index in [-0.39, 0.29) is 34.9 Å². The number of carbonyl (C=O) groups excluding carboxylic acids is 4. The average molecular weight is 549 g/mol. The van der Waals surface area contributed by atoms with Crippen LogP contribution in [0.5, 0.6) is 0 Å². The zero-order chi connectivity index (χ0) is 28.5. The van der Waals surface area contributed by atoms with Crippen LogP contribution in [0.15, 0.2) is 24.3 Å². The van der Waals surface area contributed by atoms with Crippen LogP contribution in [-0.2, 0) is 4.74 Å². The van der Waals surface area contributed by atoms with Gasteiger partial charge in [0.25, 0.3) is 17.7 Å². The lowest BCUT2D eigenvalue weighted by Crippen LogP contribution is -2.48. The van der Waals surface area contributed by atoms with E-state index >= 15 is 0 Å². The van der Waals surface area contributed by atoms with E-state index in [0.29, 0.717) is 28.4 Å². The molecule has 0 saturated heterocycles. The van der Waals surface area contributed by atoms with Crippen LogP contribution in [0, 0.1) is 0 Å². The molecule has 4 rings (SSSR count). The molecule has 7 heteroatoms. The van der Waals surface area contributed by atoms with Crippen LogP contribution in [0.4, 0.5) is 0 Å². The van der Waals surface area contributed by atoms with Gasteiger partial charge in [-0.1, -0.05) is 84.0 Å². The van der Waals surface area contributed by atoms with Crippen molar-refractivity contribution < 1.29 is 23.9 Å². The van der Waals surface area contributed by atoms with Gasteiger partial charge in [-0.25, -0.2) is 4.79 Å². The lowest BCUT2D eigenvalue weighted by Gasteiger charge is -2.36. The summed E-state index contributed by atoms with van der Waals surface area (Å²) in [5.41, 5.74) is 1.16. The van der Waals surface area contributed by atoms with E-state index in [2.05, 4.69) is 12.2 Å². The van der Waals surface area contributed by atoms with E-state index in [9.17, 15) is 19.2 Å². The van der Waals surface area contributed by atoms with Gasteiger partial charge >= 0.3 is 5.97 Å². The number of benzene rings is 2. The number of hydrogen-bond acceptors (Lipinski definition) is 5. The molecule has 1 saturated carbocycles. The Labute approximate surface area is 238 Å². The number of nitrogens with zero attached hydrogens (tertiary/aromatic N) is 1. The molecule has 0 unspecified atom stereocenters. The third kappa shape index (κ3) is 6.56. The highest BCUT2D eigenvalue weighted by Crippen LogP contribution is 2.37. The lowest BCUT2D eigenvalue weighted by atomic mass is 9.86. The number of imide groups is 1. The second-order valence-electron chi connectivity index (χ2n) is 11.3. The molecule has 2 aliphatic rings. The Morgan fingerprint density at radius 2 is 1.32 bits per heavy atom. The molecule has 7 nitrogen and oxygen atoms in total. The third-order valence-corrected chi connectivity index (χ3v) is 8.46. The number of hydrogen-bond donors (Lipinski definition) is 1. The summed E-state index contributed by atoms with van der Waals surface area (Å²) < 4.78 is 5.00. The zero-order valence-corrected chi connectivity index (χ0v) is 24.2. The van der Waals surface area contributed by atoms with Crippen molar-refractivity contribution in [2.45, 2.75) is 109 Å². The predicted octanol–water partition coefficient (Wildman–Crippen LogP) is 7.21. The van der Waals surface area contributed by atoms with Crippen LogP contribution in [0.25, 0.3) is 10.8 Å². The minimum Gasteiger partial charge on any atom is -0.465 e. The molecule has 2 aromatic rings. The van der Waals surface area contributed by atoms with Crippen molar-refractivity contribution in [3.8, 4) is 0 Å². The number of carbonyl (C=O) groups is 4. The van der Waals surface area contributed by atoms with Gasteiger partial charge < -0.3 is 10.1 Å². The number of amides is 3. The van der Waals surface area contributed by atoms with E-state index in [0.717, 1.165) is 51.4 Å². The first-order valence-electron chi connectivity index (χ1n) is 15.3. The summed E-state index contributed by atoms with van der Waals surface area (Å²) in [6, 6.07) is 6.25.